The average molecular weight is 546 g/mol. The van der Waals surface area contributed by atoms with Crippen LogP contribution in [0.1, 0.15) is 42.2 Å². The van der Waals surface area contributed by atoms with Gasteiger partial charge in [0.1, 0.15) is 5.75 Å². The highest BCUT2D eigenvalue weighted by atomic mass is 35.5. The van der Waals surface area contributed by atoms with E-state index in [4.69, 9.17) is 27.9 Å². The van der Waals surface area contributed by atoms with Crippen molar-refractivity contribution in [1.29, 1.82) is 0 Å². The van der Waals surface area contributed by atoms with E-state index in [0.717, 1.165) is 5.56 Å². The molecule has 4 aromatic rings. The number of para-hydroxylation sites is 2. The molecule has 0 aliphatic heterocycles. The van der Waals surface area contributed by atoms with Crippen LogP contribution in [0.5, 0.6) is 5.75 Å². The molecule has 0 saturated heterocycles. The lowest BCUT2D eigenvalue weighted by Crippen LogP contribution is -2.21. The van der Waals surface area contributed by atoms with Crippen molar-refractivity contribution in [3.63, 3.8) is 0 Å². The molecule has 0 radical (unpaired) electrons. The van der Waals surface area contributed by atoms with Gasteiger partial charge in [-0.3, -0.25) is 9.59 Å². The summed E-state index contributed by atoms with van der Waals surface area (Å²) in [7, 11) is 0. The molecule has 0 aromatic heterocycles. The molecule has 4 rings (SSSR count). The van der Waals surface area contributed by atoms with Crippen LogP contribution in [0.25, 0.3) is 0 Å². The van der Waals surface area contributed by atoms with Gasteiger partial charge < -0.3 is 10.1 Å². The van der Waals surface area contributed by atoms with Crippen molar-refractivity contribution in [2.45, 2.75) is 6.92 Å². The molecular formula is C29H21Cl2N3O4. The largest absolute Gasteiger partial charge is 0.422 e. The number of aryl methyl sites for hydroxylation is 1. The highest BCUT2D eigenvalue weighted by molar-refractivity contribution is 6.36. The number of nitrogens with one attached hydrogen (secondary N) is 2. The first-order chi connectivity index (χ1) is 18.3. The zero-order chi connectivity index (χ0) is 27.1. The number of ether oxygens (including phenoxy) is 1. The van der Waals surface area contributed by atoms with Crippen LogP contribution in [0.3, 0.4) is 0 Å². The summed E-state index contributed by atoms with van der Waals surface area (Å²) in [5.41, 5.74) is 5.01. The molecule has 2 amide bonds. The van der Waals surface area contributed by atoms with Gasteiger partial charge in [0.2, 0.25) is 0 Å². The van der Waals surface area contributed by atoms with Gasteiger partial charge in [-0.05, 0) is 61.5 Å². The number of halogens is 2. The summed E-state index contributed by atoms with van der Waals surface area (Å²) in [5, 5.41) is 7.33. The predicted octanol–water partition coefficient (Wildman–Crippen LogP) is 6.54. The van der Waals surface area contributed by atoms with E-state index < -0.39 is 11.9 Å². The van der Waals surface area contributed by atoms with E-state index in [2.05, 4.69) is 15.8 Å². The quantitative estimate of drug-likeness (QED) is 0.119. The monoisotopic (exact) mass is 545 g/mol. The number of esters is 1. The third-order valence-corrected chi connectivity index (χ3v) is 5.89. The molecule has 2 N–H and O–H groups in total. The second-order valence-electron chi connectivity index (χ2n) is 8.12. The van der Waals surface area contributed by atoms with Crippen LogP contribution in [0.15, 0.2) is 96.1 Å². The summed E-state index contributed by atoms with van der Waals surface area (Å²) >= 11 is 12.0. The fraction of sp³-hybridized carbons (Fsp3) is 0.0345. The van der Waals surface area contributed by atoms with Crippen LogP contribution in [0.2, 0.25) is 10.0 Å². The molecule has 0 atom stereocenters. The van der Waals surface area contributed by atoms with Crippen molar-refractivity contribution >= 4 is 52.9 Å². The van der Waals surface area contributed by atoms with Gasteiger partial charge in [-0.25, -0.2) is 10.2 Å². The lowest BCUT2D eigenvalue weighted by atomic mass is 10.1. The number of benzene rings is 4. The van der Waals surface area contributed by atoms with Gasteiger partial charge >= 0.3 is 5.97 Å². The molecule has 7 nitrogen and oxygen atoms in total. The third kappa shape index (κ3) is 6.64. The third-order valence-electron chi connectivity index (χ3n) is 5.34. The van der Waals surface area contributed by atoms with Gasteiger partial charge in [-0.2, -0.15) is 5.10 Å². The van der Waals surface area contributed by atoms with E-state index in [1.807, 2.05) is 13.0 Å². The summed E-state index contributed by atoms with van der Waals surface area (Å²) < 4.78 is 5.49. The molecule has 0 heterocycles. The first-order valence-electron chi connectivity index (χ1n) is 11.4. The number of carbonyl (C=O) groups excluding carboxylic acids is 3. The molecular weight excluding hydrogens is 525 g/mol. The van der Waals surface area contributed by atoms with Crippen LogP contribution >= 0.6 is 23.2 Å². The Morgan fingerprint density at radius 3 is 2.37 bits per heavy atom. The molecule has 38 heavy (non-hydrogen) atoms. The molecule has 0 spiro atoms. The highest BCUT2D eigenvalue weighted by Gasteiger charge is 2.16. The van der Waals surface area contributed by atoms with E-state index in [-0.39, 0.29) is 27.8 Å². The van der Waals surface area contributed by atoms with Crippen LogP contribution in [-0.4, -0.2) is 24.0 Å². The number of amides is 2. The molecule has 0 saturated carbocycles. The standard InChI is InChI=1S/C29H21Cl2N3O4/c1-18-7-6-9-19(15-18)27(35)33-25-11-4-3-10-23(25)28(36)34-32-17-20-8-2-5-12-26(20)38-29(37)22-14-13-21(30)16-24(22)31/h2-17H,1H3,(H,33,35)(H,34,36)/b32-17-. The number of hydrogen-bond acceptors (Lipinski definition) is 5. The van der Waals surface area contributed by atoms with Crippen molar-refractivity contribution < 1.29 is 19.1 Å². The molecule has 9 heteroatoms. The van der Waals surface area contributed by atoms with E-state index in [1.54, 1.807) is 66.7 Å². The molecule has 0 aliphatic carbocycles. The zero-order valence-electron chi connectivity index (χ0n) is 20.1. The molecule has 0 unspecified atom stereocenters. The van der Waals surface area contributed by atoms with Crippen LogP contribution in [0, 0.1) is 6.92 Å². The first kappa shape index (κ1) is 26.6. The molecule has 190 valence electrons. The van der Waals surface area contributed by atoms with Gasteiger partial charge in [-0.1, -0.05) is 65.2 Å². The number of hydrazone groups is 1. The summed E-state index contributed by atoms with van der Waals surface area (Å²) in [4.78, 5) is 38.1. The maximum absolute atomic E-state index is 12.9. The number of carbonyl (C=O) groups is 3. The second kappa shape index (κ2) is 12.2. The fourth-order valence-corrected chi connectivity index (χ4v) is 3.97. The van der Waals surface area contributed by atoms with Crippen molar-refractivity contribution in [3.05, 3.63) is 129 Å². The van der Waals surface area contributed by atoms with Crippen LogP contribution in [-0.2, 0) is 0 Å². The average Bonchev–Trinajstić information content (AvgIpc) is 2.89. The van der Waals surface area contributed by atoms with Gasteiger partial charge in [0.05, 0.1) is 28.1 Å². The van der Waals surface area contributed by atoms with E-state index >= 15 is 0 Å². The van der Waals surface area contributed by atoms with Gasteiger partial charge in [-0.15, -0.1) is 0 Å². The smallest absolute Gasteiger partial charge is 0.345 e. The Balaban J connectivity index is 1.46. The van der Waals surface area contributed by atoms with Gasteiger partial charge in [0, 0.05) is 16.1 Å². The van der Waals surface area contributed by atoms with Crippen LogP contribution in [0.4, 0.5) is 5.69 Å². The highest BCUT2D eigenvalue weighted by Crippen LogP contribution is 2.24. The van der Waals surface area contributed by atoms with Gasteiger partial charge in [0.25, 0.3) is 11.8 Å². The fourth-order valence-electron chi connectivity index (χ4n) is 3.48. The lowest BCUT2D eigenvalue weighted by molar-refractivity contribution is 0.0734. The Morgan fingerprint density at radius 2 is 1.58 bits per heavy atom. The maximum Gasteiger partial charge on any atom is 0.345 e. The predicted molar refractivity (Wildman–Crippen MR) is 148 cm³/mol. The Kier molecular flexibility index (Phi) is 8.53. The summed E-state index contributed by atoms with van der Waals surface area (Å²) in [6.45, 7) is 1.89. The molecule has 0 fully saturated rings. The van der Waals surface area contributed by atoms with E-state index in [1.165, 1.54) is 24.4 Å². The Bertz CT molecular complexity index is 1550. The Hall–Kier alpha value is -4.46. The Morgan fingerprint density at radius 1 is 0.816 bits per heavy atom. The number of nitrogens with zero attached hydrogens (tertiary/aromatic N) is 1. The SMILES string of the molecule is Cc1cccc(C(=O)Nc2ccccc2C(=O)N/N=C\c2ccccc2OC(=O)c2ccc(Cl)cc2Cl)c1. The van der Waals surface area contributed by atoms with Crippen molar-refractivity contribution in [2.75, 3.05) is 5.32 Å². The topological polar surface area (TPSA) is 96.9 Å². The molecule has 0 bridgehead atoms. The maximum atomic E-state index is 12.9. The normalized spacial score (nSPS) is 10.7. The van der Waals surface area contributed by atoms with Gasteiger partial charge in [0.15, 0.2) is 0 Å². The summed E-state index contributed by atoms with van der Waals surface area (Å²) in [5.74, 6) is -1.33. The van der Waals surface area contributed by atoms with Crippen molar-refractivity contribution in [2.24, 2.45) is 5.10 Å². The van der Waals surface area contributed by atoms with E-state index in [0.29, 0.717) is 21.8 Å². The first-order valence-corrected chi connectivity index (χ1v) is 12.1. The minimum atomic E-state index is -0.671. The second-order valence-corrected chi connectivity index (χ2v) is 8.96. The van der Waals surface area contributed by atoms with Crippen LogP contribution < -0.4 is 15.5 Å². The molecule has 4 aromatic carbocycles. The summed E-state index contributed by atoms with van der Waals surface area (Å²) in [6.07, 6.45) is 1.35. The minimum absolute atomic E-state index is 0.153. The van der Waals surface area contributed by atoms with E-state index in [9.17, 15) is 14.4 Å². The zero-order valence-corrected chi connectivity index (χ0v) is 21.6. The summed E-state index contributed by atoms with van der Waals surface area (Å²) in [6, 6.07) is 24.8. The van der Waals surface area contributed by atoms with Crippen molar-refractivity contribution in [3.8, 4) is 5.75 Å². The number of rotatable bonds is 7. The van der Waals surface area contributed by atoms with Crippen molar-refractivity contribution in [1.82, 2.24) is 5.43 Å². The molecule has 0 aliphatic rings. The lowest BCUT2D eigenvalue weighted by Gasteiger charge is -2.10. The number of hydrogen-bond donors (Lipinski definition) is 2. The number of anilines is 1. The minimum Gasteiger partial charge on any atom is -0.422 e. The Labute approximate surface area is 229 Å².